The molecule has 7 nitrogen and oxygen atoms in total. The zero-order valence-corrected chi connectivity index (χ0v) is 14.5. The Hall–Kier alpha value is -2.37. The van der Waals surface area contributed by atoms with Gasteiger partial charge in [0.2, 0.25) is 10.0 Å². The maximum atomic E-state index is 12.6. The van der Waals surface area contributed by atoms with Crippen LogP contribution in [0.1, 0.15) is 34.6 Å². The van der Waals surface area contributed by atoms with Gasteiger partial charge in [0.25, 0.3) is 5.91 Å². The van der Waals surface area contributed by atoms with Gasteiger partial charge in [-0.05, 0) is 37.3 Å². The lowest BCUT2D eigenvalue weighted by molar-refractivity contribution is -0.137. The highest BCUT2D eigenvalue weighted by atomic mass is 32.2. The summed E-state index contributed by atoms with van der Waals surface area (Å²) >= 11 is 0. The Morgan fingerprint density at radius 2 is 1.81 bits per heavy atom. The number of sulfonamides is 1. The molecular formula is C15H16F3N3O4S. The number of rotatable bonds is 5. The van der Waals surface area contributed by atoms with Gasteiger partial charge in [-0.1, -0.05) is 0 Å². The molecule has 1 heterocycles. The summed E-state index contributed by atoms with van der Waals surface area (Å²) in [6, 6.07) is 3.70. The number of amides is 1. The molecule has 1 aromatic heterocycles. The molecule has 0 aliphatic heterocycles. The summed E-state index contributed by atoms with van der Waals surface area (Å²) < 4.78 is 66.3. The first kappa shape index (κ1) is 19.9. The fraction of sp³-hybridized carbons (Fsp3) is 0.267. The number of halogens is 3. The highest BCUT2D eigenvalue weighted by Crippen LogP contribution is 2.30. The lowest BCUT2D eigenvalue weighted by Gasteiger charge is -2.16. The quantitative estimate of drug-likeness (QED) is 0.537. The minimum atomic E-state index is -4.56. The topological polar surface area (TPSA) is 100 Å². The van der Waals surface area contributed by atoms with Crippen LogP contribution in [0.5, 0.6) is 0 Å². The van der Waals surface area contributed by atoms with Gasteiger partial charge in [-0.2, -0.15) is 13.2 Å². The van der Waals surface area contributed by atoms with Crippen LogP contribution >= 0.6 is 0 Å². The number of carbonyl (C=O) groups excluding carboxylic acids is 1. The van der Waals surface area contributed by atoms with E-state index < -0.39 is 33.7 Å². The summed E-state index contributed by atoms with van der Waals surface area (Å²) in [6.45, 7) is 1.51. The van der Waals surface area contributed by atoms with Gasteiger partial charge >= 0.3 is 6.18 Å². The second kappa shape index (κ2) is 7.09. The molecule has 2 rings (SSSR count). The third-order valence-electron chi connectivity index (χ3n) is 3.67. The second-order valence-corrected chi connectivity index (χ2v) is 7.28. The van der Waals surface area contributed by atoms with Crippen molar-refractivity contribution < 1.29 is 31.6 Å². The normalized spacial score (nSPS) is 13.5. The zero-order chi connectivity index (χ0) is 19.7. The van der Waals surface area contributed by atoms with E-state index in [0.29, 0.717) is 17.8 Å². The molecule has 0 spiro atoms. The van der Waals surface area contributed by atoms with Gasteiger partial charge < -0.3 is 4.57 Å². The number of aryl methyl sites for hydroxylation is 1. The maximum Gasteiger partial charge on any atom is 0.416 e. The van der Waals surface area contributed by atoms with E-state index in [1.54, 1.807) is 7.05 Å². The van der Waals surface area contributed by atoms with Gasteiger partial charge in [0.1, 0.15) is 0 Å². The largest absolute Gasteiger partial charge is 0.416 e. The van der Waals surface area contributed by atoms with Crippen LogP contribution in [0, 0.1) is 0 Å². The van der Waals surface area contributed by atoms with Crippen LogP contribution in [-0.2, 0) is 23.2 Å². The molecule has 0 unspecified atom stereocenters. The molecule has 1 amide bonds. The van der Waals surface area contributed by atoms with E-state index in [1.165, 1.54) is 29.2 Å². The number of carbonyl (C=O) groups is 1. The summed E-state index contributed by atoms with van der Waals surface area (Å²) in [6.07, 6.45) is -3.17. The minimum absolute atomic E-state index is 0.116. The summed E-state index contributed by atoms with van der Waals surface area (Å²) in [5, 5.41) is 8.64. The molecule has 26 heavy (non-hydrogen) atoms. The van der Waals surface area contributed by atoms with Crippen molar-refractivity contribution in [3.05, 3.63) is 53.3 Å². The lowest BCUT2D eigenvalue weighted by Crippen LogP contribution is -2.28. The summed E-state index contributed by atoms with van der Waals surface area (Å²) in [5.74, 6) is -0.760. The van der Waals surface area contributed by atoms with Crippen LogP contribution in [0.25, 0.3) is 0 Å². The number of benzene rings is 1. The molecule has 11 heteroatoms. The van der Waals surface area contributed by atoms with Crippen LogP contribution in [-0.4, -0.2) is 24.1 Å². The molecule has 1 aromatic carbocycles. The van der Waals surface area contributed by atoms with Gasteiger partial charge in [0.15, 0.2) is 0 Å². The Morgan fingerprint density at radius 3 is 2.31 bits per heavy atom. The minimum Gasteiger partial charge on any atom is -0.352 e. The van der Waals surface area contributed by atoms with Gasteiger partial charge in [-0.25, -0.2) is 18.6 Å². The Kier molecular flexibility index (Phi) is 5.44. The number of hydrogen-bond acceptors (Lipinski definition) is 4. The average molecular weight is 391 g/mol. The molecule has 0 bridgehead atoms. The van der Waals surface area contributed by atoms with Gasteiger partial charge in [-0.15, -0.1) is 0 Å². The van der Waals surface area contributed by atoms with Crippen LogP contribution in [0.4, 0.5) is 13.2 Å². The van der Waals surface area contributed by atoms with Crippen molar-refractivity contribution in [1.29, 1.82) is 0 Å². The SMILES string of the molecule is C[C@@H](NS(=O)(=O)c1ccc(C(F)(F)F)cc1)c1cc(C(=O)NO)cn1C. The number of aromatic nitrogens is 1. The predicted molar refractivity (Wildman–Crippen MR) is 84.8 cm³/mol. The molecule has 3 N–H and O–H groups in total. The number of nitrogens with zero attached hydrogens (tertiary/aromatic N) is 1. The van der Waals surface area contributed by atoms with Crippen LogP contribution in [0.3, 0.4) is 0 Å². The number of nitrogens with one attached hydrogen (secondary N) is 2. The Balaban J connectivity index is 2.24. The molecule has 142 valence electrons. The lowest BCUT2D eigenvalue weighted by atomic mass is 10.2. The smallest absolute Gasteiger partial charge is 0.352 e. The predicted octanol–water partition coefficient (Wildman–Crippen LogP) is 2.20. The first-order valence-corrected chi connectivity index (χ1v) is 8.74. The van der Waals surface area contributed by atoms with Crippen molar-refractivity contribution in [2.24, 2.45) is 7.05 Å². The summed E-state index contributed by atoms with van der Waals surface area (Å²) in [4.78, 5) is 11.1. The van der Waals surface area contributed by atoms with Gasteiger partial charge in [0.05, 0.1) is 22.1 Å². The van der Waals surface area contributed by atoms with Crippen LogP contribution in [0.15, 0.2) is 41.4 Å². The van der Waals surface area contributed by atoms with Crippen molar-refractivity contribution >= 4 is 15.9 Å². The number of hydrogen-bond donors (Lipinski definition) is 3. The summed E-state index contributed by atoms with van der Waals surface area (Å²) in [7, 11) is -2.51. The highest BCUT2D eigenvalue weighted by molar-refractivity contribution is 7.89. The molecular weight excluding hydrogens is 375 g/mol. The molecule has 0 saturated heterocycles. The fourth-order valence-electron chi connectivity index (χ4n) is 2.38. The van der Waals surface area contributed by atoms with Crippen molar-refractivity contribution in [3.63, 3.8) is 0 Å². The molecule has 0 saturated carbocycles. The van der Waals surface area contributed by atoms with Crippen molar-refractivity contribution in [2.75, 3.05) is 0 Å². The van der Waals surface area contributed by atoms with E-state index in [-0.39, 0.29) is 10.5 Å². The van der Waals surface area contributed by atoms with Crippen molar-refractivity contribution in [1.82, 2.24) is 14.8 Å². The number of alkyl halides is 3. The Morgan fingerprint density at radius 1 is 1.23 bits per heavy atom. The van der Waals surface area contributed by atoms with E-state index in [0.717, 1.165) is 12.1 Å². The highest BCUT2D eigenvalue weighted by Gasteiger charge is 2.31. The van der Waals surface area contributed by atoms with E-state index in [1.807, 2.05) is 0 Å². The fourth-order valence-corrected chi connectivity index (χ4v) is 3.60. The van der Waals surface area contributed by atoms with Crippen molar-refractivity contribution in [3.8, 4) is 0 Å². The van der Waals surface area contributed by atoms with E-state index in [4.69, 9.17) is 5.21 Å². The van der Waals surface area contributed by atoms with Gasteiger partial charge in [0, 0.05) is 18.9 Å². The first-order valence-electron chi connectivity index (χ1n) is 7.26. The molecule has 0 radical (unpaired) electrons. The summed E-state index contributed by atoms with van der Waals surface area (Å²) in [5.41, 5.74) is 1.05. The molecule has 2 aromatic rings. The molecule has 0 fully saturated rings. The van der Waals surface area contributed by atoms with E-state index in [2.05, 4.69) is 4.72 Å². The standard InChI is InChI=1S/C15H16F3N3O4S/c1-9(13-7-10(8-21(13)2)14(22)19-23)20-26(24,25)12-5-3-11(4-6-12)15(16,17)18/h3-9,20,23H,1-2H3,(H,19,22)/t9-/m1/s1. The monoisotopic (exact) mass is 391 g/mol. The molecule has 1 atom stereocenters. The van der Waals surface area contributed by atoms with Crippen LogP contribution in [0.2, 0.25) is 0 Å². The third kappa shape index (κ3) is 4.23. The third-order valence-corrected chi connectivity index (χ3v) is 5.23. The molecule has 0 aliphatic rings. The first-order chi connectivity index (χ1) is 12.0. The van der Waals surface area contributed by atoms with Crippen molar-refractivity contribution in [2.45, 2.75) is 24.0 Å². The number of hydroxylamine groups is 1. The Labute approximate surface area is 147 Å². The van der Waals surface area contributed by atoms with E-state index in [9.17, 15) is 26.4 Å². The van der Waals surface area contributed by atoms with E-state index >= 15 is 0 Å². The zero-order valence-electron chi connectivity index (χ0n) is 13.7. The average Bonchev–Trinajstić information content (AvgIpc) is 2.95. The van der Waals surface area contributed by atoms with Crippen LogP contribution < -0.4 is 10.2 Å². The molecule has 0 aliphatic carbocycles. The second-order valence-electron chi connectivity index (χ2n) is 5.57. The maximum absolute atomic E-state index is 12.6. The van der Waals surface area contributed by atoms with Gasteiger partial charge in [-0.3, -0.25) is 10.0 Å². The Bertz CT molecular complexity index is 905.